The van der Waals surface area contributed by atoms with E-state index in [9.17, 15) is 22.8 Å². The summed E-state index contributed by atoms with van der Waals surface area (Å²) in [6.07, 6.45) is 1.11. The lowest BCUT2D eigenvalue weighted by Gasteiger charge is -2.09. The Morgan fingerprint density at radius 3 is 2.25 bits per heavy atom. The topological polar surface area (TPSA) is 116 Å². The normalized spacial score (nSPS) is 10.8. The second-order valence-corrected chi connectivity index (χ2v) is 8.06. The van der Waals surface area contributed by atoms with Crippen LogP contribution in [0.3, 0.4) is 0 Å². The highest BCUT2D eigenvalue weighted by molar-refractivity contribution is 7.89. The van der Waals surface area contributed by atoms with Crippen LogP contribution < -0.4 is 10.1 Å². The Bertz CT molecular complexity index is 982. The average Bonchev–Trinajstić information content (AvgIpc) is 2.65. The molecule has 0 atom stereocenters. The lowest BCUT2D eigenvalue weighted by Crippen LogP contribution is -2.34. The summed E-state index contributed by atoms with van der Waals surface area (Å²) in [6, 6.07) is 12.2. The van der Waals surface area contributed by atoms with E-state index in [1.54, 1.807) is 18.2 Å². The molecule has 0 aliphatic heterocycles. The SMILES string of the molecule is COc1ccccc1C(=O)NC(=O)COC(=O)c1ccc(CS(C)(=O)=O)cc1. The molecule has 9 heteroatoms. The summed E-state index contributed by atoms with van der Waals surface area (Å²) in [5, 5.41) is 2.11. The van der Waals surface area contributed by atoms with Crippen LogP contribution in [0, 0.1) is 0 Å². The first-order chi connectivity index (χ1) is 13.2. The van der Waals surface area contributed by atoms with Crippen LogP contribution in [0.5, 0.6) is 5.75 Å². The van der Waals surface area contributed by atoms with Crippen molar-refractivity contribution in [1.82, 2.24) is 5.32 Å². The van der Waals surface area contributed by atoms with Crippen LogP contribution in [0.1, 0.15) is 26.3 Å². The van der Waals surface area contributed by atoms with Gasteiger partial charge in [-0.05, 0) is 29.8 Å². The molecule has 1 N–H and O–H groups in total. The van der Waals surface area contributed by atoms with Crippen molar-refractivity contribution in [3.63, 3.8) is 0 Å². The number of hydrogen-bond acceptors (Lipinski definition) is 7. The van der Waals surface area contributed by atoms with Crippen molar-refractivity contribution in [1.29, 1.82) is 0 Å². The van der Waals surface area contributed by atoms with Gasteiger partial charge in [0.2, 0.25) is 0 Å². The number of carbonyl (C=O) groups excluding carboxylic acids is 3. The highest BCUT2D eigenvalue weighted by atomic mass is 32.2. The molecule has 0 saturated carbocycles. The van der Waals surface area contributed by atoms with E-state index in [1.807, 2.05) is 0 Å². The molecular formula is C19H19NO7S. The van der Waals surface area contributed by atoms with Crippen molar-refractivity contribution < 1.29 is 32.3 Å². The maximum Gasteiger partial charge on any atom is 0.338 e. The van der Waals surface area contributed by atoms with Gasteiger partial charge in [-0.25, -0.2) is 13.2 Å². The Morgan fingerprint density at radius 2 is 1.64 bits per heavy atom. The number of imide groups is 1. The third kappa shape index (κ3) is 6.20. The van der Waals surface area contributed by atoms with Gasteiger partial charge in [-0.3, -0.25) is 14.9 Å². The molecule has 0 unspecified atom stereocenters. The van der Waals surface area contributed by atoms with Gasteiger partial charge in [-0.1, -0.05) is 24.3 Å². The zero-order chi connectivity index (χ0) is 20.7. The quantitative estimate of drug-likeness (QED) is 0.691. The molecule has 0 heterocycles. The van der Waals surface area contributed by atoms with Gasteiger partial charge in [-0.15, -0.1) is 0 Å². The number of carbonyl (C=O) groups is 3. The maximum absolute atomic E-state index is 12.1. The van der Waals surface area contributed by atoms with E-state index in [4.69, 9.17) is 9.47 Å². The van der Waals surface area contributed by atoms with Crippen LogP contribution in [-0.2, 0) is 25.1 Å². The van der Waals surface area contributed by atoms with Crippen molar-refractivity contribution in [2.45, 2.75) is 5.75 Å². The van der Waals surface area contributed by atoms with E-state index in [0.29, 0.717) is 11.3 Å². The van der Waals surface area contributed by atoms with Gasteiger partial charge in [0.05, 0.1) is 24.0 Å². The Balaban J connectivity index is 1.90. The predicted octanol–water partition coefficient (Wildman–Crippen LogP) is 1.35. The largest absolute Gasteiger partial charge is 0.496 e. The van der Waals surface area contributed by atoms with Crippen LogP contribution in [-0.4, -0.2) is 46.2 Å². The third-order valence-corrected chi connectivity index (χ3v) is 4.42. The first kappa shape index (κ1) is 21.1. The number of benzene rings is 2. The summed E-state index contributed by atoms with van der Waals surface area (Å²) < 4.78 is 32.4. The number of rotatable bonds is 7. The van der Waals surface area contributed by atoms with E-state index in [-0.39, 0.29) is 16.9 Å². The molecule has 2 amide bonds. The molecule has 2 aromatic carbocycles. The number of para-hydroxylation sites is 1. The molecule has 0 saturated heterocycles. The van der Waals surface area contributed by atoms with Gasteiger partial charge >= 0.3 is 5.97 Å². The molecule has 0 aromatic heterocycles. The first-order valence-corrected chi connectivity index (χ1v) is 10.2. The average molecular weight is 405 g/mol. The fourth-order valence-electron chi connectivity index (χ4n) is 2.32. The maximum atomic E-state index is 12.1. The molecule has 0 aliphatic carbocycles. The molecule has 0 aliphatic rings. The Morgan fingerprint density at radius 1 is 1.00 bits per heavy atom. The summed E-state index contributed by atoms with van der Waals surface area (Å²) >= 11 is 0. The highest BCUT2D eigenvalue weighted by Gasteiger charge is 2.16. The Kier molecular flexibility index (Phi) is 6.89. The minimum absolute atomic E-state index is 0.143. The van der Waals surface area contributed by atoms with Crippen LogP contribution in [0.2, 0.25) is 0 Å². The van der Waals surface area contributed by atoms with E-state index < -0.39 is 34.2 Å². The van der Waals surface area contributed by atoms with E-state index in [2.05, 4.69) is 5.32 Å². The van der Waals surface area contributed by atoms with E-state index in [0.717, 1.165) is 6.26 Å². The molecule has 0 spiro atoms. The van der Waals surface area contributed by atoms with Crippen molar-refractivity contribution in [3.05, 3.63) is 65.2 Å². The standard InChI is InChI=1S/C19H19NO7S/c1-26-16-6-4-3-5-15(16)18(22)20-17(21)11-27-19(23)14-9-7-13(8-10-14)12-28(2,24)25/h3-10H,11-12H2,1-2H3,(H,20,21,22). The van der Waals surface area contributed by atoms with Gasteiger partial charge in [0, 0.05) is 6.26 Å². The van der Waals surface area contributed by atoms with Crippen LogP contribution >= 0.6 is 0 Å². The molecule has 8 nitrogen and oxygen atoms in total. The van der Waals surface area contributed by atoms with Crippen molar-refractivity contribution in [2.24, 2.45) is 0 Å². The van der Waals surface area contributed by atoms with Gasteiger partial charge in [-0.2, -0.15) is 0 Å². The van der Waals surface area contributed by atoms with Crippen molar-refractivity contribution in [3.8, 4) is 5.75 Å². The van der Waals surface area contributed by atoms with Gasteiger partial charge in [0.15, 0.2) is 16.4 Å². The first-order valence-electron chi connectivity index (χ1n) is 8.10. The minimum atomic E-state index is -3.18. The van der Waals surface area contributed by atoms with Crippen molar-refractivity contribution >= 4 is 27.6 Å². The summed E-state index contributed by atoms with van der Waals surface area (Å²) in [7, 11) is -1.78. The third-order valence-electron chi connectivity index (χ3n) is 3.56. The summed E-state index contributed by atoms with van der Waals surface area (Å²) in [6.45, 7) is -0.648. The molecule has 148 valence electrons. The van der Waals surface area contributed by atoms with Gasteiger partial charge in [0.25, 0.3) is 11.8 Å². The lowest BCUT2D eigenvalue weighted by molar-refractivity contribution is -0.123. The molecule has 2 rings (SSSR count). The molecule has 0 radical (unpaired) electrons. The van der Waals surface area contributed by atoms with E-state index >= 15 is 0 Å². The molecule has 28 heavy (non-hydrogen) atoms. The number of nitrogens with one attached hydrogen (secondary N) is 1. The summed E-state index contributed by atoms with van der Waals surface area (Å²) in [5.74, 6) is -2.08. The van der Waals surface area contributed by atoms with Crippen LogP contribution in [0.25, 0.3) is 0 Å². The molecule has 2 aromatic rings. The van der Waals surface area contributed by atoms with E-state index in [1.165, 1.54) is 37.4 Å². The lowest BCUT2D eigenvalue weighted by atomic mass is 10.1. The van der Waals surface area contributed by atoms with Crippen LogP contribution in [0.4, 0.5) is 0 Å². The highest BCUT2D eigenvalue weighted by Crippen LogP contribution is 2.16. The Labute approximate surface area is 162 Å². The minimum Gasteiger partial charge on any atom is -0.496 e. The number of hydrogen-bond donors (Lipinski definition) is 1. The number of amides is 2. The second kappa shape index (κ2) is 9.14. The summed E-state index contributed by atoms with van der Waals surface area (Å²) in [5.41, 5.74) is 0.853. The fourth-order valence-corrected chi connectivity index (χ4v) is 3.11. The molecular weight excluding hydrogens is 386 g/mol. The fraction of sp³-hybridized carbons (Fsp3) is 0.211. The zero-order valence-corrected chi connectivity index (χ0v) is 16.1. The number of esters is 1. The van der Waals surface area contributed by atoms with Gasteiger partial charge in [0.1, 0.15) is 5.75 Å². The predicted molar refractivity (Wildman–Crippen MR) is 101 cm³/mol. The summed E-state index contributed by atoms with van der Waals surface area (Å²) in [4.78, 5) is 35.9. The van der Waals surface area contributed by atoms with Crippen molar-refractivity contribution in [2.75, 3.05) is 20.0 Å². The second-order valence-electron chi connectivity index (χ2n) is 5.92. The Hall–Kier alpha value is -3.20. The molecule has 0 bridgehead atoms. The van der Waals surface area contributed by atoms with Gasteiger partial charge < -0.3 is 9.47 Å². The number of ether oxygens (including phenoxy) is 2. The monoisotopic (exact) mass is 405 g/mol. The number of methoxy groups -OCH3 is 1. The van der Waals surface area contributed by atoms with Crippen LogP contribution in [0.15, 0.2) is 48.5 Å². The molecule has 0 fully saturated rings. The zero-order valence-electron chi connectivity index (χ0n) is 15.3. The smallest absolute Gasteiger partial charge is 0.338 e. The number of sulfone groups is 1.